The Labute approximate surface area is 102 Å². The van der Waals surface area contributed by atoms with Crippen molar-refractivity contribution in [3.63, 3.8) is 0 Å². The van der Waals surface area contributed by atoms with Crippen LogP contribution < -0.4 is 5.32 Å². The van der Waals surface area contributed by atoms with Crippen LogP contribution in [0.5, 0.6) is 0 Å². The fourth-order valence-electron chi connectivity index (χ4n) is 2.81. The van der Waals surface area contributed by atoms with Gasteiger partial charge in [0.05, 0.1) is 5.52 Å². The maximum atomic E-state index is 4.62. The van der Waals surface area contributed by atoms with Crippen LogP contribution in [-0.2, 0) is 0 Å². The molecule has 1 aromatic heterocycles. The summed E-state index contributed by atoms with van der Waals surface area (Å²) in [6.07, 6.45) is 2.49. The number of nitrogens with zero attached hydrogens (tertiary/aromatic N) is 1. The van der Waals surface area contributed by atoms with Crippen LogP contribution in [0.3, 0.4) is 0 Å². The van der Waals surface area contributed by atoms with Crippen molar-refractivity contribution in [3.05, 3.63) is 41.6 Å². The van der Waals surface area contributed by atoms with E-state index in [4.69, 9.17) is 0 Å². The van der Waals surface area contributed by atoms with Crippen LogP contribution in [0.4, 0.5) is 0 Å². The highest BCUT2D eigenvalue weighted by Crippen LogP contribution is 2.31. The van der Waals surface area contributed by atoms with Crippen molar-refractivity contribution < 1.29 is 0 Å². The molecule has 1 aliphatic heterocycles. The number of nitrogens with one attached hydrogen (secondary N) is 1. The molecule has 0 unspecified atom stereocenters. The second-order valence-corrected chi connectivity index (χ2v) is 4.89. The largest absolute Gasteiger partial charge is 0.317 e. The van der Waals surface area contributed by atoms with Gasteiger partial charge in [-0.25, -0.2) is 0 Å². The molecule has 0 saturated carbocycles. The van der Waals surface area contributed by atoms with Crippen LogP contribution in [-0.4, -0.2) is 18.1 Å². The second kappa shape index (κ2) is 4.46. The molecule has 2 nitrogen and oxygen atoms in total. The summed E-state index contributed by atoms with van der Waals surface area (Å²) in [5.41, 5.74) is 3.77. The summed E-state index contributed by atoms with van der Waals surface area (Å²) >= 11 is 0. The molecule has 0 bridgehead atoms. The molecular formula is C15H18N2. The third-order valence-electron chi connectivity index (χ3n) is 3.66. The smallest absolute Gasteiger partial charge is 0.0708 e. The minimum atomic E-state index is 0.697. The number of para-hydroxylation sites is 1. The highest BCUT2D eigenvalue weighted by Gasteiger charge is 2.17. The Kier molecular flexibility index (Phi) is 2.81. The van der Waals surface area contributed by atoms with E-state index in [1.807, 2.05) is 0 Å². The average molecular weight is 226 g/mol. The molecule has 0 spiro atoms. The van der Waals surface area contributed by atoms with E-state index < -0.39 is 0 Å². The monoisotopic (exact) mass is 226 g/mol. The van der Waals surface area contributed by atoms with Crippen LogP contribution in [0.2, 0.25) is 0 Å². The van der Waals surface area contributed by atoms with Crippen LogP contribution in [0.1, 0.15) is 30.0 Å². The van der Waals surface area contributed by atoms with Crippen LogP contribution >= 0.6 is 0 Å². The number of hydrogen-bond donors (Lipinski definition) is 1. The van der Waals surface area contributed by atoms with E-state index in [0.29, 0.717) is 5.92 Å². The van der Waals surface area contributed by atoms with Gasteiger partial charge in [-0.1, -0.05) is 18.2 Å². The molecule has 88 valence electrons. The first-order chi connectivity index (χ1) is 8.34. The first kappa shape index (κ1) is 10.7. The van der Waals surface area contributed by atoms with Gasteiger partial charge in [0.1, 0.15) is 0 Å². The third-order valence-corrected chi connectivity index (χ3v) is 3.66. The summed E-state index contributed by atoms with van der Waals surface area (Å²) in [6, 6.07) is 10.8. The van der Waals surface area contributed by atoms with Gasteiger partial charge in [-0.15, -0.1) is 0 Å². The zero-order chi connectivity index (χ0) is 11.7. The molecule has 0 aliphatic carbocycles. The Hall–Kier alpha value is -1.41. The Balaban J connectivity index is 2.13. The van der Waals surface area contributed by atoms with Crippen molar-refractivity contribution in [2.24, 2.45) is 0 Å². The highest BCUT2D eigenvalue weighted by atomic mass is 14.9. The van der Waals surface area contributed by atoms with Crippen molar-refractivity contribution in [2.75, 3.05) is 13.1 Å². The lowest BCUT2D eigenvalue weighted by atomic mass is 9.88. The first-order valence-corrected chi connectivity index (χ1v) is 6.41. The maximum absolute atomic E-state index is 4.62. The zero-order valence-electron chi connectivity index (χ0n) is 10.2. The number of benzene rings is 1. The third kappa shape index (κ3) is 2.05. The van der Waals surface area contributed by atoms with Crippen molar-refractivity contribution >= 4 is 10.9 Å². The van der Waals surface area contributed by atoms with E-state index in [2.05, 4.69) is 47.6 Å². The molecule has 3 rings (SSSR count). The normalized spacial score (nSPS) is 17.5. The van der Waals surface area contributed by atoms with Gasteiger partial charge in [-0.05, 0) is 56.5 Å². The lowest BCUT2D eigenvalue weighted by Gasteiger charge is -2.24. The number of pyridine rings is 1. The molecule has 17 heavy (non-hydrogen) atoms. The summed E-state index contributed by atoms with van der Waals surface area (Å²) in [5.74, 6) is 0.697. The van der Waals surface area contributed by atoms with Gasteiger partial charge in [0.25, 0.3) is 0 Å². The first-order valence-electron chi connectivity index (χ1n) is 6.41. The zero-order valence-corrected chi connectivity index (χ0v) is 10.2. The van der Waals surface area contributed by atoms with Gasteiger partial charge in [0, 0.05) is 11.1 Å². The summed E-state index contributed by atoms with van der Waals surface area (Å²) in [5, 5.41) is 4.77. The molecule has 0 amide bonds. The van der Waals surface area contributed by atoms with Gasteiger partial charge in [-0.2, -0.15) is 0 Å². The standard InChI is InChI=1S/C15H18N2/c1-11-10-14(12-6-8-16-9-7-12)13-4-2-3-5-15(13)17-11/h2-5,10,12,16H,6-9H2,1H3. The van der Waals surface area contributed by atoms with Gasteiger partial charge in [-0.3, -0.25) is 4.98 Å². The van der Waals surface area contributed by atoms with Gasteiger partial charge < -0.3 is 5.32 Å². The van der Waals surface area contributed by atoms with Gasteiger partial charge in [0.15, 0.2) is 0 Å². The Bertz CT molecular complexity index is 527. The quantitative estimate of drug-likeness (QED) is 0.808. The van der Waals surface area contributed by atoms with E-state index in [9.17, 15) is 0 Å². The summed E-state index contributed by atoms with van der Waals surface area (Å²) in [6.45, 7) is 4.37. The van der Waals surface area contributed by atoms with Crippen molar-refractivity contribution in [2.45, 2.75) is 25.7 Å². The van der Waals surface area contributed by atoms with Crippen LogP contribution in [0, 0.1) is 6.92 Å². The second-order valence-electron chi connectivity index (χ2n) is 4.89. The minimum Gasteiger partial charge on any atom is -0.317 e. The van der Waals surface area contributed by atoms with Crippen molar-refractivity contribution in [1.82, 2.24) is 10.3 Å². The minimum absolute atomic E-state index is 0.697. The Morgan fingerprint density at radius 2 is 1.94 bits per heavy atom. The predicted octanol–water partition coefficient (Wildman–Crippen LogP) is 3.01. The number of aryl methyl sites for hydroxylation is 1. The topological polar surface area (TPSA) is 24.9 Å². The fourth-order valence-corrected chi connectivity index (χ4v) is 2.81. The molecule has 1 aromatic carbocycles. The molecule has 2 heteroatoms. The molecule has 0 atom stereocenters. The molecule has 1 fully saturated rings. The molecule has 2 aromatic rings. The molecule has 2 heterocycles. The maximum Gasteiger partial charge on any atom is 0.0708 e. The van der Waals surface area contributed by atoms with E-state index in [1.54, 1.807) is 0 Å². The molecule has 1 N–H and O–H groups in total. The number of fused-ring (bicyclic) bond motifs is 1. The summed E-state index contributed by atoms with van der Waals surface area (Å²) in [7, 11) is 0. The van der Waals surface area contributed by atoms with E-state index in [0.717, 1.165) is 24.3 Å². The average Bonchev–Trinajstić information content (AvgIpc) is 2.39. The Morgan fingerprint density at radius 3 is 2.76 bits per heavy atom. The Morgan fingerprint density at radius 1 is 1.18 bits per heavy atom. The van der Waals surface area contributed by atoms with Crippen LogP contribution in [0.15, 0.2) is 30.3 Å². The summed E-state index contributed by atoms with van der Waals surface area (Å²) in [4.78, 5) is 4.62. The van der Waals surface area contributed by atoms with Gasteiger partial charge in [0.2, 0.25) is 0 Å². The highest BCUT2D eigenvalue weighted by molar-refractivity contribution is 5.82. The van der Waals surface area contributed by atoms with Crippen LogP contribution in [0.25, 0.3) is 10.9 Å². The van der Waals surface area contributed by atoms with Crippen molar-refractivity contribution in [3.8, 4) is 0 Å². The predicted molar refractivity (Wildman–Crippen MR) is 71.3 cm³/mol. The van der Waals surface area contributed by atoms with Gasteiger partial charge >= 0.3 is 0 Å². The number of rotatable bonds is 1. The van der Waals surface area contributed by atoms with Crippen molar-refractivity contribution in [1.29, 1.82) is 0 Å². The SMILES string of the molecule is Cc1cc(C2CCNCC2)c2ccccc2n1. The summed E-state index contributed by atoms with van der Waals surface area (Å²) < 4.78 is 0. The van der Waals surface area contributed by atoms with E-state index in [1.165, 1.54) is 23.8 Å². The van der Waals surface area contributed by atoms with E-state index in [-0.39, 0.29) is 0 Å². The number of aromatic nitrogens is 1. The molecular weight excluding hydrogens is 208 g/mol. The number of piperidine rings is 1. The fraction of sp³-hybridized carbons (Fsp3) is 0.400. The number of hydrogen-bond acceptors (Lipinski definition) is 2. The van der Waals surface area contributed by atoms with E-state index >= 15 is 0 Å². The lowest BCUT2D eigenvalue weighted by molar-refractivity contribution is 0.462. The molecule has 1 saturated heterocycles. The molecule has 0 radical (unpaired) electrons. The molecule has 1 aliphatic rings. The lowest BCUT2D eigenvalue weighted by Crippen LogP contribution is -2.26.